The Kier molecular flexibility index (Phi) is 4.49. The molecule has 0 saturated heterocycles. The van der Waals surface area contributed by atoms with Crippen molar-refractivity contribution in [3.63, 3.8) is 0 Å². The van der Waals surface area contributed by atoms with Crippen LogP contribution in [0.25, 0.3) is 0 Å². The molecule has 0 saturated carbocycles. The molecule has 0 aliphatic rings. The van der Waals surface area contributed by atoms with Crippen molar-refractivity contribution < 1.29 is 14.8 Å². The SMILES string of the molecule is O=C(O)c1ccc(CNc2ncc(Br)cc2[N+](=O)[O-])cc1. The van der Waals surface area contributed by atoms with Crippen molar-refractivity contribution in [3.8, 4) is 0 Å². The first-order valence-corrected chi connectivity index (χ1v) is 6.62. The highest BCUT2D eigenvalue weighted by molar-refractivity contribution is 9.10. The van der Waals surface area contributed by atoms with E-state index in [4.69, 9.17) is 5.11 Å². The van der Waals surface area contributed by atoms with Gasteiger partial charge in [-0.3, -0.25) is 10.1 Å². The lowest BCUT2D eigenvalue weighted by atomic mass is 10.1. The normalized spacial score (nSPS) is 10.1. The number of carboxylic acids is 1. The number of nitrogens with one attached hydrogen (secondary N) is 1. The molecular formula is C13H10BrN3O4. The second-order valence-electron chi connectivity index (χ2n) is 4.13. The largest absolute Gasteiger partial charge is 0.478 e. The van der Waals surface area contributed by atoms with Gasteiger partial charge < -0.3 is 10.4 Å². The molecule has 1 aromatic carbocycles. The number of carbonyl (C=O) groups is 1. The highest BCUT2D eigenvalue weighted by atomic mass is 79.9. The highest BCUT2D eigenvalue weighted by Crippen LogP contribution is 2.25. The third-order valence-corrected chi connectivity index (χ3v) is 3.13. The summed E-state index contributed by atoms with van der Waals surface area (Å²) in [6.45, 7) is 0.301. The van der Waals surface area contributed by atoms with Crippen LogP contribution < -0.4 is 5.32 Å². The summed E-state index contributed by atoms with van der Waals surface area (Å²) in [7, 11) is 0. The fraction of sp³-hybridized carbons (Fsp3) is 0.0769. The number of anilines is 1. The summed E-state index contributed by atoms with van der Waals surface area (Å²) >= 11 is 3.13. The standard InChI is InChI=1S/C13H10BrN3O4/c14-10-5-11(17(20)21)12(16-7-10)15-6-8-1-3-9(4-2-8)13(18)19/h1-5,7H,6H2,(H,15,16)(H,18,19). The number of carboxylic acid groups (broad SMARTS) is 1. The Morgan fingerprint density at radius 2 is 2.05 bits per heavy atom. The fourth-order valence-electron chi connectivity index (χ4n) is 1.65. The van der Waals surface area contributed by atoms with Crippen molar-refractivity contribution in [3.05, 3.63) is 62.2 Å². The fourth-order valence-corrected chi connectivity index (χ4v) is 1.97. The second-order valence-corrected chi connectivity index (χ2v) is 5.05. The number of hydrogen-bond donors (Lipinski definition) is 2. The Hall–Kier alpha value is -2.48. The lowest BCUT2D eigenvalue weighted by molar-refractivity contribution is -0.384. The van der Waals surface area contributed by atoms with Crippen molar-refractivity contribution in [2.75, 3.05) is 5.32 Å². The third-order valence-electron chi connectivity index (χ3n) is 2.69. The van der Waals surface area contributed by atoms with E-state index in [2.05, 4.69) is 26.2 Å². The molecule has 2 rings (SSSR count). The molecule has 108 valence electrons. The molecule has 0 atom stereocenters. The van der Waals surface area contributed by atoms with Crippen LogP contribution in [-0.2, 0) is 6.54 Å². The average molecular weight is 352 g/mol. The Morgan fingerprint density at radius 1 is 1.38 bits per heavy atom. The lowest BCUT2D eigenvalue weighted by Crippen LogP contribution is -2.05. The van der Waals surface area contributed by atoms with Crippen molar-refractivity contribution in [1.29, 1.82) is 0 Å². The van der Waals surface area contributed by atoms with Crippen LogP contribution in [0.5, 0.6) is 0 Å². The summed E-state index contributed by atoms with van der Waals surface area (Å²) in [5, 5.41) is 22.6. The van der Waals surface area contributed by atoms with Gasteiger partial charge in [0.15, 0.2) is 0 Å². The third kappa shape index (κ3) is 3.76. The second kappa shape index (κ2) is 6.31. The molecule has 1 heterocycles. The molecule has 0 aliphatic heterocycles. The predicted molar refractivity (Wildman–Crippen MR) is 79.3 cm³/mol. The minimum absolute atomic E-state index is 0.133. The maximum Gasteiger partial charge on any atom is 0.335 e. The van der Waals surface area contributed by atoms with Gasteiger partial charge in [-0.1, -0.05) is 12.1 Å². The van der Waals surface area contributed by atoms with Gasteiger partial charge in [-0.05, 0) is 33.6 Å². The van der Waals surface area contributed by atoms with Gasteiger partial charge in [0.25, 0.3) is 0 Å². The molecule has 0 amide bonds. The van der Waals surface area contributed by atoms with Gasteiger partial charge in [-0.2, -0.15) is 0 Å². The van der Waals surface area contributed by atoms with E-state index in [1.807, 2.05) is 0 Å². The van der Waals surface area contributed by atoms with Crippen molar-refractivity contribution in [2.45, 2.75) is 6.54 Å². The topological polar surface area (TPSA) is 105 Å². The molecule has 7 nitrogen and oxygen atoms in total. The van der Waals surface area contributed by atoms with Gasteiger partial charge in [-0.25, -0.2) is 9.78 Å². The summed E-state index contributed by atoms with van der Waals surface area (Å²) in [5.41, 5.74) is 0.844. The summed E-state index contributed by atoms with van der Waals surface area (Å²) in [5.74, 6) is -0.842. The Bertz CT molecular complexity index is 688. The number of rotatable bonds is 5. The number of hydrogen-bond acceptors (Lipinski definition) is 5. The number of aromatic nitrogens is 1. The molecule has 1 aromatic heterocycles. The lowest BCUT2D eigenvalue weighted by Gasteiger charge is -2.07. The van der Waals surface area contributed by atoms with Gasteiger partial charge >= 0.3 is 11.7 Å². The van der Waals surface area contributed by atoms with Crippen LogP contribution >= 0.6 is 15.9 Å². The molecule has 0 spiro atoms. The monoisotopic (exact) mass is 351 g/mol. The van der Waals surface area contributed by atoms with Gasteiger partial charge in [0.2, 0.25) is 5.82 Å². The van der Waals surface area contributed by atoms with Crippen LogP contribution in [-0.4, -0.2) is 21.0 Å². The van der Waals surface area contributed by atoms with E-state index in [1.165, 1.54) is 24.4 Å². The zero-order valence-electron chi connectivity index (χ0n) is 10.6. The molecule has 0 unspecified atom stereocenters. The van der Waals surface area contributed by atoms with E-state index in [9.17, 15) is 14.9 Å². The van der Waals surface area contributed by atoms with E-state index >= 15 is 0 Å². The highest BCUT2D eigenvalue weighted by Gasteiger charge is 2.15. The van der Waals surface area contributed by atoms with Crippen molar-refractivity contribution in [2.24, 2.45) is 0 Å². The molecule has 2 N–H and O–H groups in total. The average Bonchev–Trinajstić information content (AvgIpc) is 2.46. The Morgan fingerprint density at radius 3 is 2.62 bits per heavy atom. The number of pyridine rings is 1. The van der Waals surface area contributed by atoms with Crippen LogP contribution in [0.2, 0.25) is 0 Å². The summed E-state index contributed by atoms with van der Waals surface area (Å²) in [4.78, 5) is 25.1. The maximum absolute atomic E-state index is 10.9. The van der Waals surface area contributed by atoms with Crippen molar-refractivity contribution in [1.82, 2.24) is 4.98 Å². The predicted octanol–water partition coefficient (Wildman–Crippen LogP) is 3.06. The number of halogens is 1. The maximum atomic E-state index is 10.9. The minimum Gasteiger partial charge on any atom is -0.478 e. The molecule has 8 heteroatoms. The first-order valence-electron chi connectivity index (χ1n) is 5.83. The summed E-state index contributed by atoms with van der Waals surface area (Å²) in [6.07, 6.45) is 1.46. The van der Waals surface area contributed by atoms with E-state index in [1.54, 1.807) is 12.1 Å². The summed E-state index contributed by atoms with van der Waals surface area (Å²) < 4.78 is 0.519. The van der Waals surface area contributed by atoms with Crippen LogP contribution in [0.1, 0.15) is 15.9 Å². The zero-order valence-corrected chi connectivity index (χ0v) is 12.2. The zero-order chi connectivity index (χ0) is 15.4. The quantitative estimate of drug-likeness (QED) is 0.633. The minimum atomic E-state index is -1.00. The Labute approximate surface area is 127 Å². The molecular weight excluding hydrogens is 342 g/mol. The first kappa shape index (κ1) is 14.9. The van der Waals surface area contributed by atoms with Gasteiger partial charge in [0, 0.05) is 23.3 Å². The van der Waals surface area contributed by atoms with Crippen LogP contribution in [0, 0.1) is 10.1 Å². The first-order chi connectivity index (χ1) is 9.97. The van der Waals surface area contributed by atoms with E-state index in [-0.39, 0.29) is 17.1 Å². The molecule has 21 heavy (non-hydrogen) atoms. The molecule has 0 fully saturated rings. The van der Waals surface area contributed by atoms with Gasteiger partial charge in [0.1, 0.15) is 0 Å². The van der Waals surface area contributed by atoms with E-state index in [0.29, 0.717) is 11.0 Å². The smallest absolute Gasteiger partial charge is 0.335 e. The van der Waals surface area contributed by atoms with Crippen LogP contribution in [0.3, 0.4) is 0 Å². The molecule has 0 bridgehead atoms. The number of nitro groups is 1. The Balaban J connectivity index is 2.13. The van der Waals surface area contributed by atoms with Gasteiger partial charge in [0.05, 0.1) is 10.5 Å². The number of benzene rings is 1. The molecule has 0 aliphatic carbocycles. The molecule has 0 radical (unpaired) electrons. The van der Waals surface area contributed by atoms with Crippen LogP contribution in [0.4, 0.5) is 11.5 Å². The number of aromatic carboxylic acids is 1. The van der Waals surface area contributed by atoms with Crippen LogP contribution in [0.15, 0.2) is 41.0 Å². The van der Waals surface area contributed by atoms with E-state index in [0.717, 1.165) is 5.56 Å². The van der Waals surface area contributed by atoms with Gasteiger partial charge in [-0.15, -0.1) is 0 Å². The van der Waals surface area contributed by atoms with Crippen molar-refractivity contribution >= 4 is 33.4 Å². The summed E-state index contributed by atoms with van der Waals surface area (Å²) in [6, 6.07) is 7.59. The van der Waals surface area contributed by atoms with E-state index < -0.39 is 10.9 Å². The number of nitrogens with zero attached hydrogens (tertiary/aromatic N) is 2. The molecule has 2 aromatic rings.